The van der Waals surface area contributed by atoms with E-state index in [1.165, 1.54) is 12.1 Å². The molecule has 20 heavy (non-hydrogen) atoms. The number of benzene rings is 2. The van der Waals surface area contributed by atoms with Gasteiger partial charge in [0, 0.05) is 11.8 Å². The van der Waals surface area contributed by atoms with E-state index in [4.69, 9.17) is 0 Å². The standard InChI is InChI=1S/C15H13BrO3S/c1-20(18,19)13-9-7-11(8-10-13)14(16)15(17)12-5-3-2-4-6-12/h2-10,14H,1H3. The Hall–Kier alpha value is -1.46. The molecule has 1 unspecified atom stereocenters. The van der Waals surface area contributed by atoms with E-state index in [2.05, 4.69) is 15.9 Å². The Morgan fingerprint density at radius 1 is 1.00 bits per heavy atom. The van der Waals surface area contributed by atoms with Crippen molar-refractivity contribution in [3.05, 3.63) is 65.7 Å². The minimum absolute atomic E-state index is 0.0577. The van der Waals surface area contributed by atoms with Gasteiger partial charge in [0.05, 0.1) is 4.90 Å². The lowest BCUT2D eigenvalue weighted by Crippen LogP contribution is -2.07. The maximum atomic E-state index is 12.3. The molecule has 0 aromatic heterocycles. The highest BCUT2D eigenvalue weighted by atomic mass is 79.9. The molecule has 0 amide bonds. The molecule has 0 saturated carbocycles. The van der Waals surface area contributed by atoms with E-state index in [9.17, 15) is 13.2 Å². The first-order chi connectivity index (χ1) is 9.39. The lowest BCUT2D eigenvalue weighted by atomic mass is 10.0. The Morgan fingerprint density at radius 3 is 2.05 bits per heavy atom. The summed E-state index contributed by atoms with van der Waals surface area (Å²) in [5.41, 5.74) is 1.34. The zero-order valence-corrected chi connectivity index (χ0v) is 13.2. The van der Waals surface area contributed by atoms with Gasteiger partial charge in [0.1, 0.15) is 4.83 Å². The van der Waals surface area contributed by atoms with Crippen molar-refractivity contribution in [2.24, 2.45) is 0 Å². The van der Waals surface area contributed by atoms with Crippen LogP contribution in [-0.4, -0.2) is 20.5 Å². The molecular formula is C15H13BrO3S. The number of ketones is 1. The fraction of sp³-hybridized carbons (Fsp3) is 0.133. The van der Waals surface area contributed by atoms with Gasteiger partial charge in [0.25, 0.3) is 0 Å². The van der Waals surface area contributed by atoms with Crippen LogP contribution in [0, 0.1) is 0 Å². The van der Waals surface area contributed by atoms with E-state index in [0.29, 0.717) is 5.56 Å². The van der Waals surface area contributed by atoms with Crippen molar-refractivity contribution in [3.63, 3.8) is 0 Å². The van der Waals surface area contributed by atoms with Crippen LogP contribution in [0.1, 0.15) is 20.7 Å². The Labute approximate surface area is 126 Å². The zero-order valence-electron chi connectivity index (χ0n) is 10.8. The molecule has 0 aliphatic carbocycles. The summed E-state index contributed by atoms with van der Waals surface area (Å²) in [5, 5.41) is 0. The van der Waals surface area contributed by atoms with Crippen LogP contribution in [-0.2, 0) is 9.84 Å². The van der Waals surface area contributed by atoms with Gasteiger partial charge in [-0.1, -0.05) is 58.4 Å². The number of hydrogen-bond acceptors (Lipinski definition) is 3. The first-order valence-electron chi connectivity index (χ1n) is 5.93. The Kier molecular flexibility index (Phi) is 4.40. The van der Waals surface area contributed by atoms with Crippen LogP contribution < -0.4 is 0 Å². The van der Waals surface area contributed by atoms with Gasteiger partial charge < -0.3 is 0 Å². The monoisotopic (exact) mass is 352 g/mol. The van der Waals surface area contributed by atoms with E-state index < -0.39 is 14.7 Å². The van der Waals surface area contributed by atoms with Crippen molar-refractivity contribution >= 4 is 31.6 Å². The van der Waals surface area contributed by atoms with Gasteiger partial charge in [0.15, 0.2) is 15.6 Å². The second-order valence-electron chi connectivity index (χ2n) is 4.43. The summed E-state index contributed by atoms with van der Waals surface area (Å²) in [4.78, 5) is 12.0. The maximum absolute atomic E-state index is 12.3. The van der Waals surface area contributed by atoms with Crippen molar-refractivity contribution in [2.45, 2.75) is 9.72 Å². The van der Waals surface area contributed by atoms with Crippen molar-refractivity contribution in [1.82, 2.24) is 0 Å². The molecular weight excluding hydrogens is 340 g/mol. The highest BCUT2D eigenvalue weighted by molar-refractivity contribution is 9.09. The van der Waals surface area contributed by atoms with Gasteiger partial charge in [-0.25, -0.2) is 8.42 Å². The van der Waals surface area contributed by atoms with E-state index in [0.717, 1.165) is 11.8 Å². The van der Waals surface area contributed by atoms with Gasteiger partial charge in [-0.2, -0.15) is 0 Å². The third-order valence-corrected chi connectivity index (χ3v) is 4.96. The SMILES string of the molecule is CS(=O)(=O)c1ccc(C(Br)C(=O)c2ccccc2)cc1. The summed E-state index contributed by atoms with van der Waals surface area (Å²) in [6, 6.07) is 15.3. The third kappa shape index (κ3) is 3.35. The smallest absolute Gasteiger partial charge is 0.180 e. The molecule has 2 aromatic rings. The Morgan fingerprint density at radius 2 is 1.55 bits per heavy atom. The Bertz CT molecular complexity index is 707. The molecule has 0 heterocycles. The number of hydrogen-bond donors (Lipinski definition) is 0. The molecule has 5 heteroatoms. The van der Waals surface area contributed by atoms with Crippen molar-refractivity contribution in [1.29, 1.82) is 0 Å². The summed E-state index contributed by atoms with van der Waals surface area (Å²) in [6.07, 6.45) is 1.16. The van der Waals surface area contributed by atoms with Crippen LogP contribution >= 0.6 is 15.9 Å². The second-order valence-corrected chi connectivity index (χ2v) is 7.37. The summed E-state index contributed by atoms with van der Waals surface area (Å²) >= 11 is 3.36. The van der Waals surface area contributed by atoms with Crippen LogP contribution in [0.4, 0.5) is 0 Å². The molecule has 3 nitrogen and oxygen atoms in total. The first kappa shape index (κ1) is 14.9. The molecule has 0 N–H and O–H groups in total. The molecule has 104 valence electrons. The van der Waals surface area contributed by atoms with Crippen LogP contribution in [0.2, 0.25) is 0 Å². The fourth-order valence-corrected chi connectivity index (χ4v) is 2.98. The number of halogens is 1. The number of alkyl halides is 1. The van der Waals surface area contributed by atoms with Crippen LogP contribution in [0.15, 0.2) is 59.5 Å². The van der Waals surface area contributed by atoms with Gasteiger partial charge in [-0.3, -0.25) is 4.79 Å². The average molecular weight is 353 g/mol. The quantitative estimate of drug-likeness (QED) is 0.625. The lowest BCUT2D eigenvalue weighted by molar-refractivity contribution is 0.0991. The minimum Gasteiger partial charge on any atom is -0.293 e. The average Bonchev–Trinajstić information content (AvgIpc) is 2.46. The molecule has 0 bridgehead atoms. The highest BCUT2D eigenvalue weighted by Gasteiger charge is 2.19. The van der Waals surface area contributed by atoms with Crippen molar-refractivity contribution in [2.75, 3.05) is 6.26 Å². The lowest BCUT2D eigenvalue weighted by Gasteiger charge is -2.10. The molecule has 0 spiro atoms. The summed E-state index contributed by atoms with van der Waals surface area (Å²) in [5.74, 6) is -0.0577. The molecule has 2 aromatic carbocycles. The molecule has 0 saturated heterocycles. The molecule has 2 rings (SSSR count). The molecule has 0 aliphatic heterocycles. The van der Waals surface area contributed by atoms with Gasteiger partial charge >= 0.3 is 0 Å². The van der Waals surface area contributed by atoms with E-state index in [1.54, 1.807) is 36.4 Å². The molecule has 0 radical (unpaired) electrons. The molecule has 1 atom stereocenters. The van der Waals surface area contributed by atoms with Gasteiger partial charge in [-0.05, 0) is 17.7 Å². The van der Waals surface area contributed by atoms with Crippen LogP contribution in [0.3, 0.4) is 0 Å². The van der Waals surface area contributed by atoms with Crippen molar-refractivity contribution < 1.29 is 13.2 Å². The van der Waals surface area contributed by atoms with E-state index in [-0.39, 0.29) is 10.7 Å². The summed E-state index contributed by atoms with van der Waals surface area (Å²) in [7, 11) is -3.22. The summed E-state index contributed by atoms with van der Waals surface area (Å²) < 4.78 is 22.8. The number of rotatable bonds is 4. The predicted octanol–water partition coefficient (Wildman–Crippen LogP) is 3.41. The van der Waals surface area contributed by atoms with Crippen LogP contribution in [0.5, 0.6) is 0 Å². The van der Waals surface area contributed by atoms with E-state index in [1.807, 2.05) is 6.07 Å². The van der Waals surface area contributed by atoms with Crippen molar-refractivity contribution in [3.8, 4) is 0 Å². The maximum Gasteiger partial charge on any atom is 0.180 e. The van der Waals surface area contributed by atoms with Gasteiger partial charge in [0.2, 0.25) is 0 Å². The van der Waals surface area contributed by atoms with Crippen LogP contribution in [0.25, 0.3) is 0 Å². The molecule has 0 aliphatic rings. The Balaban J connectivity index is 2.26. The topological polar surface area (TPSA) is 51.2 Å². The zero-order chi connectivity index (χ0) is 14.8. The highest BCUT2D eigenvalue weighted by Crippen LogP contribution is 2.27. The number of carbonyl (C=O) groups is 1. The predicted molar refractivity (Wildman–Crippen MR) is 82.0 cm³/mol. The van der Waals surface area contributed by atoms with Gasteiger partial charge in [-0.15, -0.1) is 0 Å². The minimum atomic E-state index is -3.22. The largest absolute Gasteiger partial charge is 0.293 e. The second kappa shape index (κ2) is 5.89. The third-order valence-electron chi connectivity index (χ3n) is 2.89. The number of Topliss-reactive ketones (excluding diaryl/α,β-unsaturated/α-hetero) is 1. The fourth-order valence-electron chi connectivity index (χ4n) is 1.78. The van der Waals surface area contributed by atoms with E-state index >= 15 is 0 Å². The number of sulfone groups is 1. The summed E-state index contributed by atoms with van der Waals surface area (Å²) in [6.45, 7) is 0. The first-order valence-corrected chi connectivity index (χ1v) is 8.73. The molecule has 0 fully saturated rings. The number of carbonyl (C=O) groups excluding carboxylic acids is 1. The normalized spacial score (nSPS) is 12.9.